The molecule has 0 spiro atoms. The smallest absolute Gasteiger partial charge is 0.136 e. The van der Waals surface area contributed by atoms with Crippen LogP contribution in [-0.4, -0.2) is 22.8 Å². The Morgan fingerprint density at radius 3 is 2.67 bits per heavy atom. The van der Waals surface area contributed by atoms with Gasteiger partial charge in [0.05, 0.1) is 11.6 Å². The lowest BCUT2D eigenvalue weighted by Crippen LogP contribution is -2.42. The van der Waals surface area contributed by atoms with E-state index in [9.17, 15) is 4.79 Å². The van der Waals surface area contributed by atoms with Crippen molar-refractivity contribution in [2.24, 2.45) is 0 Å². The van der Waals surface area contributed by atoms with Crippen molar-refractivity contribution in [3.8, 4) is 6.07 Å². The summed E-state index contributed by atoms with van der Waals surface area (Å²) in [5.74, 6) is 0.421. The molecule has 2 aliphatic rings. The van der Waals surface area contributed by atoms with Crippen molar-refractivity contribution in [1.29, 1.82) is 5.26 Å². The molecule has 0 amide bonds. The molecular weight excluding hydrogens is 224 g/mol. The molecular formula is C15H16N2O. The van der Waals surface area contributed by atoms with Crippen LogP contribution in [0.5, 0.6) is 0 Å². The van der Waals surface area contributed by atoms with Gasteiger partial charge in [0.25, 0.3) is 0 Å². The number of nitrogens with zero attached hydrogens (tertiary/aromatic N) is 2. The first-order chi connectivity index (χ1) is 8.76. The van der Waals surface area contributed by atoms with Crippen LogP contribution < -0.4 is 0 Å². The van der Waals surface area contributed by atoms with E-state index in [0.717, 1.165) is 19.4 Å². The Morgan fingerprint density at radius 1 is 1.28 bits per heavy atom. The van der Waals surface area contributed by atoms with Crippen LogP contribution in [0.15, 0.2) is 24.3 Å². The van der Waals surface area contributed by atoms with Gasteiger partial charge in [-0.15, -0.1) is 0 Å². The SMILES string of the molecule is N#Cc1cccc(CN2C3CCC2CC(=O)C3)c1. The topological polar surface area (TPSA) is 44.1 Å². The fourth-order valence-electron chi connectivity index (χ4n) is 3.27. The predicted molar refractivity (Wildman–Crippen MR) is 67.8 cm³/mol. The van der Waals surface area contributed by atoms with E-state index in [4.69, 9.17) is 5.26 Å². The zero-order valence-electron chi connectivity index (χ0n) is 10.3. The molecule has 1 aromatic rings. The molecule has 2 heterocycles. The molecule has 2 saturated heterocycles. The van der Waals surface area contributed by atoms with Crippen LogP contribution in [0.1, 0.15) is 36.8 Å². The number of rotatable bonds is 2. The van der Waals surface area contributed by atoms with Gasteiger partial charge >= 0.3 is 0 Å². The minimum atomic E-state index is 0.421. The summed E-state index contributed by atoms with van der Waals surface area (Å²) in [6, 6.07) is 10.8. The van der Waals surface area contributed by atoms with Crippen molar-refractivity contribution in [2.75, 3.05) is 0 Å². The van der Waals surface area contributed by atoms with Crippen molar-refractivity contribution in [2.45, 2.75) is 44.3 Å². The third-order valence-electron chi connectivity index (χ3n) is 4.12. The third kappa shape index (κ3) is 2.04. The molecule has 1 aromatic carbocycles. The summed E-state index contributed by atoms with van der Waals surface area (Å²) in [6.07, 6.45) is 3.73. The average molecular weight is 240 g/mol. The van der Waals surface area contributed by atoms with Gasteiger partial charge in [0.15, 0.2) is 0 Å². The molecule has 0 radical (unpaired) electrons. The van der Waals surface area contributed by atoms with Gasteiger partial charge in [-0.05, 0) is 30.5 Å². The Hall–Kier alpha value is -1.66. The number of carbonyl (C=O) groups is 1. The number of ketones is 1. The Kier molecular flexibility index (Phi) is 2.89. The van der Waals surface area contributed by atoms with Crippen molar-refractivity contribution in [3.05, 3.63) is 35.4 Å². The first kappa shape index (κ1) is 11.4. The number of piperidine rings is 1. The summed E-state index contributed by atoms with van der Waals surface area (Å²) >= 11 is 0. The highest BCUT2D eigenvalue weighted by Crippen LogP contribution is 2.35. The van der Waals surface area contributed by atoms with Gasteiger partial charge in [0.2, 0.25) is 0 Å². The molecule has 18 heavy (non-hydrogen) atoms. The summed E-state index contributed by atoms with van der Waals surface area (Å²) < 4.78 is 0. The number of fused-ring (bicyclic) bond motifs is 2. The quantitative estimate of drug-likeness (QED) is 0.796. The van der Waals surface area contributed by atoms with Crippen LogP contribution in [0.25, 0.3) is 0 Å². The number of hydrogen-bond donors (Lipinski definition) is 0. The zero-order chi connectivity index (χ0) is 12.5. The van der Waals surface area contributed by atoms with E-state index in [0.29, 0.717) is 36.3 Å². The maximum atomic E-state index is 11.6. The van der Waals surface area contributed by atoms with E-state index >= 15 is 0 Å². The van der Waals surface area contributed by atoms with Crippen LogP contribution in [0, 0.1) is 11.3 Å². The van der Waals surface area contributed by atoms with Crippen molar-refractivity contribution in [1.82, 2.24) is 4.90 Å². The van der Waals surface area contributed by atoms with Crippen LogP contribution >= 0.6 is 0 Å². The first-order valence-electron chi connectivity index (χ1n) is 6.53. The van der Waals surface area contributed by atoms with Crippen LogP contribution in [0.2, 0.25) is 0 Å². The summed E-state index contributed by atoms with van der Waals surface area (Å²) in [4.78, 5) is 14.0. The third-order valence-corrected chi connectivity index (χ3v) is 4.12. The molecule has 2 aliphatic heterocycles. The second-order valence-corrected chi connectivity index (χ2v) is 5.32. The summed E-state index contributed by atoms with van der Waals surface area (Å²) in [5.41, 5.74) is 1.90. The minimum absolute atomic E-state index is 0.421. The van der Waals surface area contributed by atoms with E-state index in [1.807, 2.05) is 18.2 Å². The second kappa shape index (κ2) is 4.55. The lowest BCUT2D eigenvalue weighted by molar-refractivity contribution is -0.123. The van der Waals surface area contributed by atoms with Crippen molar-refractivity contribution < 1.29 is 4.79 Å². The predicted octanol–water partition coefficient (Wildman–Crippen LogP) is 2.25. The van der Waals surface area contributed by atoms with E-state index in [1.54, 1.807) is 0 Å². The Morgan fingerprint density at radius 2 is 2.00 bits per heavy atom. The zero-order valence-corrected chi connectivity index (χ0v) is 10.3. The Bertz CT molecular complexity index is 501. The minimum Gasteiger partial charge on any atom is -0.300 e. The number of carbonyl (C=O) groups excluding carboxylic acids is 1. The largest absolute Gasteiger partial charge is 0.300 e. The van der Waals surface area contributed by atoms with Gasteiger partial charge in [-0.25, -0.2) is 0 Å². The van der Waals surface area contributed by atoms with Crippen LogP contribution in [0.4, 0.5) is 0 Å². The molecule has 3 heteroatoms. The molecule has 0 N–H and O–H groups in total. The van der Waals surface area contributed by atoms with E-state index in [1.165, 1.54) is 5.56 Å². The molecule has 3 nitrogen and oxygen atoms in total. The highest BCUT2D eigenvalue weighted by Gasteiger charge is 2.39. The van der Waals surface area contributed by atoms with Gasteiger partial charge < -0.3 is 0 Å². The van der Waals surface area contributed by atoms with Crippen molar-refractivity contribution in [3.63, 3.8) is 0 Å². The maximum Gasteiger partial charge on any atom is 0.136 e. The molecule has 2 unspecified atom stereocenters. The first-order valence-corrected chi connectivity index (χ1v) is 6.53. The van der Waals surface area contributed by atoms with E-state index in [2.05, 4.69) is 17.0 Å². The lowest BCUT2D eigenvalue weighted by atomic mass is 10.0. The normalized spacial score (nSPS) is 27.2. The molecule has 0 saturated carbocycles. The average Bonchev–Trinajstić information content (AvgIpc) is 2.62. The molecule has 92 valence electrons. The highest BCUT2D eigenvalue weighted by molar-refractivity contribution is 5.80. The molecule has 2 atom stereocenters. The molecule has 3 rings (SSSR count). The Labute approximate surface area is 107 Å². The van der Waals surface area contributed by atoms with Gasteiger partial charge in [-0.3, -0.25) is 9.69 Å². The van der Waals surface area contributed by atoms with Crippen LogP contribution in [-0.2, 0) is 11.3 Å². The van der Waals surface area contributed by atoms with E-state index in [-0.39, 0.29) is 0 Å². The monoisotopic (exact) mass is 240 g/mol. The molecule has 0 aliphatic carbocycles. The number of benzene rings is 1. The fourth-order valence-corrected chi connectivity index (χ4v) is 3.27. The molecule has 2 bridgehead atoms. The summed E-state index contributed by atoms with van der Waals surface area (Å²) in [5, 5.41) is 8.91. The lowest BCUT2D eigenvalue weighted by Gasteiger charge is -2.33. The number of nitriles is 1. The van der Waals surface area contributed by atoms with E-state index < -0.39 is 0 Å². The summed E-state index contributed by atoms with van der Waals surface area (Å²) in [6.45, 7) is 0.873. The summed E-state index contributed by atoms with van der Waals surface area (Å²) in [7, 11) is 0. The standard InChI is InChI=1S/C15H16N2O/c16-9-11-2-1-3-12(6-11)10-17-13-4-5-14(17)8-15(18)7-13/h1-3,6,13-14H,4-5,7-8,10H2. The highest BCUT2D eigenvalue weighted by atomic mass is 16.1. The van der Waals surface area contributed by atoms with Gasteiger partial charge in [0, 0.05) is 31.5 Å². The van der Waals surface area contributed by atoms with Gasteiger partial charge in [0.1, 0.15) is 5.78 Å². The second-order valence-electron chi connectivity index (χ2n) is 5.32. The van der Waals surface area contributed by atoms with Crippen molar-refractivity contribution >= 4 is 5.78 Å². The fraction of sp³-hybridized carbons (Fsp3) is 0.467. The van der Waals surface area contributed by atoms with Crippen LogP contribution in [0.3, 0.4) is 0 Å². The Balaban J connectivity index is 1.77. The van der Waals surface area contributed by atoms with Gasteiger partial charge in [-0.1, -0.05) is 12.1 Å². The number of hydrogen-bond acceptors (Lipinski definition) is 3. The number of Topliss-reactive ketones (excluding diaryl/α,β-unsaturated/α-hetero) is 1. The molecule has 2 fully saturated rings. The molecule has 0 aromatic heterocycles. The van der Waals surface area contributed by atoms with Gasteiger partial charge in [-0.2, -0.15) is 5.26 Å². The maximum absolute atomic E-state index is 11.6.